The van der Waals surface area contributed by atoms with Crippen LogP contribution in [0.4, 0.5) is 13.2 Å². The fraction of sp³-hybridized carbons (Fsp3) is 0.167. The van der Waals surface area contributed by atoms with Crippen molar-refractivity contribution in [2.45, 2.75) is 13.1 Å². The third-order valence-electron chi connectivity index (χ3n) is 4.04. The van der Waals surface area contributed by atoms with E-state index in [-0.39, 0.29) is 16.6 Å². The van der Waals surface area contributed by atoms with Crippen molar-refractivity contribution in [2.75, 3.05) is 7.11 Å². The monoisotopic (exact) mass is 488 g/mol. The van der Waals surface area contributed by atoms with Crippen molar-refractivity contribution in [3.05, 3.63) is 62.4 Å². The maximum Gasteiger partial charge on any atom is 0.417 e. The first kappa shape index (κ1) is 19.3. The van der Waals surface area contributed by atoms with Crippen LogP contribution in [0.15, 0.2) is 36.4 Å². The topological polar surface area (TPSA) is 61.2 Å². The predicted molar refractivity (Wildman–Crippen MR) is 99.7 cm³/mol. The smallest absolute Gasteiger partial charge is 0.417 e. The van der Waals surface area contributed by atoms with Gasteiger partial charge in [-0.15, -0.1) is 0 Å². The molecule has 0 amide bonds. The Morgan fingerprint density at radius 3 is 2.52 bits per heavy atom. The number of halogens is 4. The number of carbonyl (C=O) groups is 2. The Balaban J connectivity index is 2.25. The molecule has 3 rings (SSSR count). The molecule has 2 aromatic carbocycles. The maximum absolute atomic E-state index is 13.4. The Morgan fingerprint density at radius 2 is 1.89 bits per heavy atom. The second kappa shape index (κ2) is 6.95. The molecule has 1 heterocycles. The van der Waals surface area contributed by atoms with E-state index in [0.29, 0.717) is 9.09 Å². The van der Waals surface area contributed by atoms with Gasteiger partial charge in [-0.1, -0.05) is 12.1 Å². The number of carbonyl (C=O) groups excluding carboxylic acids is 2. The van der Waals surface area contributed by atoms with Crippen LogP contribution in [-0.4, -0.2) is 28.8 Å². The number of alkyl halides is 3. The zero-order valence-electron chi connectivity index (χ0n) is 14.1. The Kier molecular flexibility index (Phi) is 4.98. The van der Waals surface area contributed by atoms with Gasteiger partial charge < -0.3 is 4.74 Å². The number of nitrogens with zero attached hydrogens (tertiary/aromatic N) is 2. The Labute approximate surface area is 165 Å². The summed E-state index contributed by atoms with van der Waals surface area (Å²) in [5.41, 5.74) is -0.943. The molecule has 0 atom stereocenters. The van der Waals surface area contributed by atoms with Gasteiger partial charge in [-0.05, 0) is 59.3 Å². The second-order valence-corrected chi connectivity index (χ2v) is 6.75. The Morgan fingerprint density at radius 1 is 1.19 bits per heavy atom. The number of rotatable bonds is 2. The van der Waals surface area contributed by atoms with E-state index in [4.69, 9.17) is 0 Å². The first-order chi connectivity index (χ1) is 12.6. The fourth-order valence-corrected chi connectivity index (χ4v) is 3.44. The van der Waals surface area contributed by atoms with E-state index >= 15 is 0 Å². The predicted octanol–water partition coefficient (Wildman–Crippen LogP) is 4.44. The lowest BCUT2D eigenvalue weighted by Crippen LogP contribution is -2.21. The number of fused-ring (bicyclic) bond motifs is 1. The third kappa shape index (κ3) is 3.43. The molecular formula is C18H12F3IN2O3. The van der Waals surface area contributed by atoms with E-state index in [1.54, 1.807) is 6.07 Å². The van der Waals surface area contributed by atoms with Gasteiger partial charge in [0.2, 0.25) is 0 Å². The molecule has 9 heteroatoms. The highest BCUT2D eigenvalue weighted by Gasteiger charge is 2.36. The molecule has 0 aliphatic carbocycles. The first-order valence-electron chi connectivity index (χ1n) is 7.63. The lowest BCUT2D eigenvalue weighted by Gasteiger charge is -2.14. The summed E-state index contributed by atoms with van der Waals surface area (Å²) in [6.45, 7) is 1.43. The highest BCUT2D eigenvalue weighted by molar-refractivity contribution is 14.1. The molecule has 0 aliphatic heterocycles. The van der Waals surface area contributed by atoms with Gasteiger partial charge in [-0.3, -0.25) is 4.79 Å². The van der Waals surface area contributed by atoms with Crippen LogP contribution in [0.5, 0.6) is 0 Å². The van der Waals surface area contributed by atoms with Crippen molar-refractivity contribution in [3.8, 4) is 0 Å². The van der Waals surface area contributed by atoms with Crippen molar-refractivity contribution in [1.82, 2.24) is 9.78 Å². The van der Waals surface area contributed by atoms with Gasteiger partial charge in [0.15, 0.2) is 0 Å². The van der Waals surface area contributed by atoms with E-state index in [1.807, 2.05) is 22.6 Å². The zero-order valence-corrected chi connectivity index (χ0v) is 16.3. The SMILES string of the molecule is COC(=O)c1ccc2c(I)nn(C(=O)c3c(C)cccc3C(F)(F)F)c2c1. The first-order valence-corrected chi connectivity index (χ1v) is 8.71. The van der Waals surface area contributed by atoms with Gasteiger partial charge >= 0.3 is 12.1 Å². The molecule has 0 radical (unpaired) electrons. The molecule has 1 aromatic heterocycles. The van der Waals surface area contributed by atoms with Crippen LogP contribution in [0.2, 0.25) is 0 Å². The number of aromatic nitrogens is 2. The van der Waals surface area contributed by atoms with Crippen LogP contribution in [-0.2, 0) is 10.9 Å². The number of hydrogen-bond acceptors (Lipinski definition) is 4. The lowest BCUT2D eigenvalue weighted by atomic mass is 10.0. The molecule has 5 nitrogen and oxygen atoms in total. The lowest BCUT2D eigenvalue weighted by molar-refractivity contribution is -0.138. The standard InChI is InChI=1S/C18H12F3IN2O3/c1-9-4-3-5-12(18(19,20)21)14(9)16(25)24-13-8-10(17(26)27-2)6-7-11(13)15(22)23-24/h3-8H,1-2H3. The van der Waals surface area contributed by atoms with Crippen LogP contribution in [0.25, 0.3) is 10.9 Å². The summed E-state index contributed by atoms with van der Waals surface area (Å²) in [7, 11) is 1.21. The molecule has 140 valence electrons. The van der Waals surface area contributed by atoms with Gasteiger partial charge in [0.1, 0.15) is 3.70 Å². The minimum Gasteiger partial charge on any atom is -0.465 e. The molecule has 0 N–H and O–H groups in total. The molecule has 0 saturated carbocycles. The van der Waals surface area contributed by atoms with Gasteiger partial charge in [-0.25, -0.2) is 4.79 Å². The summed E-state index contributed by atoms with van der Waals surface area (Å²) in [6, 6.07) is 7.98. The van der Waals surface area contributed by atoms with E-state index in [9.17, 15) is 22.8 Å². The van der Waals surface area contributed by atoms with Crippen molar-refractivity contribution in [3.63, 3.8) is 0 Å². The van der Waals surface area contributed by atoms with Crippen molar-refractivity contribution in [2.24, 2.45) is 0 Å². The van der Waals surface area contributed by atoms with Gasteiger partial charge in [0.25, 0.3) is 5.91 Å². The van der Waals surface area contributed by atoms with Crippen LogP contribution < -0.4 is 0 Å². The number of ether oxygens (including phenoxy) is 1. The molecular weight excluding hydrogens is 476 g/mol. The van der Waals surface area contributed by atoms with Gasteiger partial charge in [0.05, 0.1) is 29.3 Å². The van der Waals surface area contributed by atoms with E-state index < -0.39 is 29.2 Å². The zero-order chi connectivity index (χ0) is 19.9. The largest absolute Gasteiger partial charge is 0.465 e. The third-order valence-corrected chi connectivity index (χ3v) is 4.84. The molecule has 0 spiro atoms. The average Bonchev–Trinajstić information content (AvgIpc) is 2.95. The molecule has 0 saturated heterocycles. The minimum atomic E-state index is -4.69. The van der Waals surface area contributed by atoms with E-state index in [0.717, 1.165) is 10.7 Å². The van der Waals surface area contributed by atoms with Crippen molar-refractivity contribution in [1.29, 1.82) is 0 Å². The second-order valence-electron chi connectivity index (χ2n) is 5.73. The quantitative estimate of drug-likeness (QED) is 0.396. The molecule has 0 bridgehead atoms. The highest BCUT2D eigenvalue weighted by Crippen LogP contribution is 2.34. The molecule has 3 aromatic rings. The van der Waals surface area contributed by atoms with E-state index in [1.165, 1.54) is 38.3 Å². The summed E-state index contributed by atoms with van der Waals surface area (Å²) in [6.07, 6.45) is -4.69. The Hall–Kier alpha value is -2.43. The fourth-order valence-electron chi connectivity index (χ4n) is 2.77. The number of benzene rings is 2. The summed E-state index contributed by atoms with van der Waals surface area (Å²) in [5, 5.41) is 4.63. The van der Waals surface area contributed by atoms with Crippen LogP contribution in [0.1, 0.15) is 31.8 Å². The molecule has 0 aliphatic rings. The molecule has 0 unspecified atom stereocenters. The average molecular weight is 488 g/mol. The van der Waals surface area contributed by atoms with E-state index in [2.05, 4.69) is 9.84 Å². The summed E-state index contributed by atoms with van der Waals surface area (Å²) in [5.74, 6) is -1.55. The van der Waals surface area contributed by atoms with Gasteiger partial charge in [0, 0.05) is 5.39 Å². The number of esters is 1. The molecule has 0 fully saturated rings. The minimum absolute atomic E-state index is 0.163. The summed E-state index contributed by atoms with van der Waals surface area (Å²) < 4.78 is 46.2. The number of aryl methyl sites for hydroxylation is 1. The molecule has 27 heavy (non-hydrogen) atoms. The van der Waals surface area contributed by atoms with Crippen molar-refractivity contribution < 1.29 is 27.5 Å². The summed E-state index contributed by atoms with van der Waals surface area (Å²) in [4.78, 5) is 24.8. The number of hydrogen-bond donors (Lipinski definition) is 0. The van der Waals surface area contributed by atoms with Crippen LogP contribution >= 0.6 is 22.6 Å². The maximum atomic E-state index is 13.4. The van der Waals surface area contributed by atoms with Crippen LogP contribution in [0.3, 0.4) is 0 Å². The number of methoxy groups -OCH3 is 1. The summed E-state index contributed by atoms with van der Waals surface area (Å²) >= 11 is 1.88. The van der Waals surface area contributed by atoms with Gasteiger partial charge in [-0.2, -0.15) is 23.0 Å². The van der Waals surface area contributed by atoms with Crippen LogP contribution in [0, 0.1) is 10.6 Å². The highest BCUT2D eigenvalue weighted by atomic mass is 127. The normalized spacial score (nSPS) is 11.6. The van der Waals surface area contributed by atoms with Crippen molar-refractivity contribution >= 4 is 45.4 Å². The Bertz CT molecular complexity index is 1070.